The molecule has 1 atom stereocenters. The van der Waals surface area contributed by atoms with Crippen molar-refractivity contribution in [2.75, 3.05) is 31.5 Å². The Morgan fingerprint density at radius 1 is 1.14 bits per heavy atom. The molecule has 37 heavy (non-hydrogen) atoms. The van der Waals surface area contributed by atoms with Gasteiger partial charge in [0.25, 0.3) is 0 Å². The lowest BCUT2D eigenvalue weighted by Crippen LogP contribution is -2.47. The van der Waals surface area contributed by atoms with Gasteiger partial charge < -0.3 is 15.3 Å². The second-order valence-corrected chi connectivity index (χ2v) is 9.80. The van der Waals surface area contributed by atoms with Gasteiger partial charge in [0, 0.05) is 37.9 Å². The molecule has 2 fully saturated rings. The molecular formula is C27H30F4N4O2. The molecule has 2 aromatic carbocycles. The van der Waals surface area contributed by atoms with E-state index in [9.17, 15) is 32.7 Å². The van der Waals surface area contributed by atoms with Crippen molar-refractivity contribution in [3.63, 3.8) is 0 Å². The zero-order chi connectivity index (χ0) is 26.6. The predicted molar refractivity (Wildman–Crippen MR) is 130 cm³/mol. The predicted octanol–water partition coefficient (Wildman–Crippen LogP) is 5.34. The van der Waals surface area contributed by atoms with Crippen molar-refractivity contribution in [1.29, 1.82) is 5.26 Å². The molecular weight excluding hydrogens is 488 g/mol. The molecule has 1 heterocycles. The van der Waals surface area contributed by atoms with E-state index in [1.807, 2.05) is 18.2 Å². The van der Waals surface area contributed by atoms with Crippen molar-refractivity contribution in [2.24, 2.45) is 0 Å². The van der Waals surface area contributed by atoms with Crippen molar-refractivity contribution in [1.82, 2.24) is 9.80 Å². The number of rotatable bonds is 6. The van der Waals surface area contributed by atoms with Gasteiger partial charge in [-0.2, -0.15) is 18.4 Å². The highest BCUT2D eigenvalue weighted by Gasteiger charge is 2.35. The van der Waals surface area contributed by atoms with Crippen LogP contribution in [0.25, 0.3) is 0 Å². The van der Waals surface area contributed by atoms with Crippen LogP contribution in [-0.4, -0.2) is 59.3 Å². The number of alkyl halides is 3. The van der Waals surface area contributed by atoms with E-state index in [-0.39, 0.29) is 17.6 Å². The van der Waals surface area contributed by atoms with Gasteiger partial charge in [-0.1, -0.05) is 12.1 Å². The van der Waals surface area contributed by atoms with Crippen LogP contribution >= 0.6 is 0 Å². The number of aliphatic hydroxyl groups excluding tert-OH is 1. The second kappa shape index (κ2) is 11.5. The Balaban J connectivity index is 1.46. The van der Waals surface area contributed by atoms with Crippen molar-refractivity contribution in [2.45, 2.75) is 56.3 Å². The number of amides is 2. The maximum atomic E-state index is 13.7. The molecule has 0 aromatic heterocycles. The minimum Gasteiger partial charge on any atom is -0.392 e. The van der Waals surface area contributed by atoms with Gasteiger partial charge in [-0.15, -0.1) is 0 Å². The van der Waals surface area contributed by atoms with Crippen LogP contribution in [0.3, 0.4) is 0 Å². The summed E-state index contributed by atoms with van der Waals surface area (Å²) in [7, 11) is 0. The number of anilines is 1. The van der Waals surface area contributed by atoms with Crippen LogP contribution in [0.2, 0.25) is 0 Å². The topological polar surface area (TPSA) is 79.6 Å². The maximum absolute atomic E-state index is 13.7. The number of benzene rings is 2. The first-order valence-corrected chi connectivity index (χ1v) is 12.5. The van der Waals surface area contributed by atoms with E-state index in [0.29, 0.717) is 63.1 Å². The molecule has 2 aliphatic rings. The van der Waals surface area contributed by atoms with Gasteiger partial charge in [-0.05, 0) is 73.9 Å². The highest BCUT2D eigenvalue weighted by molar-refractivity contribution is 5.89. The summed E-state index contributed by atoms with van der Waals surface area (Å²) < 4.78 is 53.2. The fourth-order valence-electron chi connectivity index (χ4n) is 5.31. The number of β-amino-alcohol motifs (C(OH)–C–C–N with tert-alkyl or cyclic N) is 1. The van der Waals surface area contributed by atoms with E-state index in [1.165, 1.54) is 0 Å². The van der Waals surface area contributed by atoms with Crippen molar-refractivity contribution < 1.29 is 27.5 Å². The van der Waals surface area contributed by atoms with Gasteiger partial charge >= 0.3 is 12.2 Å². The number of urea groups is 1. The lowest BCUT2D eigenvalue weighted by Gasteiger charge is -2.38. The van der Waals surface area contributed by atoms with Gasteiger partial charge in [0.2, 0.25) is 0 Å². The number of hydrogen-bond acceptors (Lipinski definition) is 4. The molecule has 4 rings (SSSR count). The number of halogens is 4. The Kier molecular flexibility index (Phi) is 8.35. The van der Waals surface area contributed by atoms with Crippen LogP contribution in [0, 0.1) is 17.1 Å². The Bertz CT molecular complexity index is 1140. The number of nitrogens with one attached hydrogen (secondary N) is 1. The van der Waals surface area contributed by atoms with Crippen LogP contribution in [0.15, 0.2) is 42.5 Å². The molecule has 1 aliphatic carbocycles. The average molecular weight is 519 g/mol. The Morgan fingerprint density at radius 3 is 2.54 bits per heavy atom. The zero-order valence-electron chi connectivity index (χ0n) is 20.3. The van der Waals surface area contributed by atoms with Crippen molar-refractivity contribution in [3.8, 4) is 6.07 Å². The third kappa shape index (κ3) is 6.79. The van der Waals surface area contributed by atoms with Crippen molar-refractivity contribution >= 4 is 11.7 Å². The molecule has 1 saturated carbocycles. The molecule has 2 amide bonds. The van der Waals surface area contributed by atoms with Crippen LogP contribution in [0.5, 0.6) is 0 Å². The van der Waals surface area contributed by atoms with Crippen LogP contribution in [0.1, 0.15) is 54.7 Å². The largest absolute Gasteiger partial charge is 0.419 e. The Labute approximate surface area is 213 Å². The van der Waals surface area contributed by atoms with E-state index < -0.39 is 29.7 Å². The summed E-state index contributed by atoms with van der Waals surface area (Å²) in [6.45, 7) is 2.12. The Hall–Kier alpha value is -3.16. The highest BCUT2D eigenvalue weighted by atomic mass is 19.4. The first-order valence-electron chi connectivity index (χ1n) is 12.5. The Morgan fingerprint density at radius 2 is 1.89 bits per heavy atom. The monoisotopic (exact) mass is 518 g/mol. The van der Waals surface area contributed by atoms with E-state index in [2.05, 4.69) is 16.3 Å². The van der Waals surface area contributed by atoms with E-state index in [1.54, 1.807) is 11.0 Å². The van der Waals surface area contributed by atoms with Gasteiger partial charge in [-0.25, -0.2) is 9.18 Å². The number of nitrogens with zero attached hydrogens (tertiary/aromatic N) is 3. The average Bonchev–Trinajstić information content (AvgIpc) is 3.30. The summed E-state index contributed by atoms with van der Waals surface area (Å²) in [6.07, 6.45) is -1.59. The molecule has 0 spiro atoms. The van der Waals surface area contributed by atoms with Crippen molar-refractivity contribution in [3.05, 3.63) is 65.0 Å². The lowest BCUT2D eigenvalue weighted by atomic mass is 9.81. The molecule has 2 N–H and O–H groups in total. The third-order valence-electron chi connectivity index (χ3n) is 7.31. The molecule has 198 valence electrons. The second-order valence-electron chi connectivity index (χ2n) is 9.80. The number of carbonyl (C=O) groups is 1. The fraction of sp³-hybridized carbons (Fsp3) is 0.481. The normalized spacial score (nSPS) is 22.4. The van der Waals surface area contributed by atoms with Gasteiger partial charge in [-0.3, -0.25) is 4.90 Å². The number of likely N-dealkylation sites (tertiary alicyclic amines) is 1. The molecule has 1 saturated heterocycles. The minimum atomic E-state index is -4.87. The summed E-state index contributed by atoms with van der Waals surface area (Å²) in [6, 6.07) is 11.5. The third-order valence-corrected chi connectivity index (χ3v) is 7.31. The van der Waals surface area contributed by atoms with E-state index >= 15 is 0 Å². The zero-order valence-corrected chi connectivity index (χ0v) is 20.3. The fourth-order valence-corrected chi connectivity index (χ4v) is 5.31. The molecule has 0 unspecified atom stereocenters. The van der Waals surface area contributed by atoms with Crippen LogP contribution < -0.4 is 5.32 Å². The lowest BCUT2D eigenvalue weighted by molar-refractivity contribution is -0.139. The van der Waals surface area contributed by atoms with E-state index in [4.69, 9.17) is 0 Å². The number of hydrogen-bond donors (Lipinski definition) is 2. The summed E-state index contributed by atoms with van der Waals surface area (Å²) in [4.78, 5) is 17.0. The summed E-state index contributed by atoms with van der Waals surface area (Å²) in [5.41, 5.74) is 0.141. The number of aliphatic hydroxyl groups is 1. The maximum Gasteiger partial charge on any atom is 0.419 e. The molecule has 6 nitrogen and oxygen atoms in total. The molecule has 1 aliphatic heterocycles. The van der Waals surface area contributed by atoms with E-state index in [0.717, 1.165) is 24.5 Å². The SMILES string of the molecule is N#Cc1cccc([C@H]2CC[C@H](N(CCN3CC[C@H](O)C3)C(=O)Nc3ccc(F)c(C(F)(F)F)c3)CC2)c1. The molecule has 0 radical (unpaired) electrons. The highest BCUT2D eigenvalue weighted by Crippen LogP contribution is 2.36. The summed E-state index contributed by atoms with van der Waals surface area (Å²) in [5, 5.41) is 21.6. The molecule has 10 heteroatoms. The minimum absolute atomic E-state index is 0.120. The summed E-state index contributed by atoms with van der Waals surface area (Å²) in [5.74, 6) is -1.14. The quantitative estimate of drug-likeness (QED) is 0.506. The number of nitriles is 1. The molecule has 0 bridgehead atoms. The first-order chi connectivity index (χ1) is 17.6. The number of carbonyl (C=O) groups excluding carboxylic acids is 1. The summed E-state index contributed by atoms with van der Waals surface area (Å²) >= 11 is 0. The van der Waals surface area contributed by atoms with Gasteiger partial charge in [0.05, 0.1) is 23.3 Å². The van der Waals surface area contributed by atoms with Crippen LogP contribution in [-0.2, 0) is 6.18 Å². The standard InChI is InChI=1S/C27H30F4N4O2/c28-25-9-6-21(15-24(25)27(29,30)31)33-26(37)35(13-12-34-11-10-23(36)17-34)22-7-4-19(5-8-22)20-3-1-2-18(14-20)16-32/h1-3,6,9,14-15,19,22-23,36H,4-5,7-8,10-13,17H2,(H,33,37)/t19-,22-,23-/m0/s1. The molecule has 2 aromatic rings. The van der Waals surface area contributed by atoms with Crippen LogP contribution in [0.4, 0.5) is 28.0 Å². The van der Waals surface area contributed by atoms with Gasteiger partial charge in [0.1, 0.15) is 5.82 Å². The first kappa shape index (κ1) is 26.9. The smallest absolute Gasteiger partial charge is 0.392 e. The van der Waals surface area contributed by atoms with Gasteiger partial charge in [0.15, 0.2) is 0 Å².